The topological polar surface area (TPSA) is 152 Å². The Balaban J connectivity index is 2.43. The second kappa shape index (κ2) is 34.6. The van der Waals surface area contributed by atoms with Gasteiger partial charge in [-0.1, -0.05) is 145 Å². The molecular weight excluding hydrogens is 688 g/mol. The molecule has 1 rings (SSSR count). The fourth-order valence-electron chi connectivity index (χ4n) is 5.62. The third-order valence-electron chi connectivity index (χ3n) is 8.87. The molecule has 6 atom stereocenters. The number of rotatable bonds is 32. The van der Waals surface area contributed by atoms with Gasteiger partial charge in [-0.25, -0.2) is 0 Å². The molecule has 1 heterocycles. The second-order valence-electron chi connectivity index (χ2n) is 13.7. The van der Waals surface area contributed by atoms with Gasteiger partial charge in [-0.2, -0.15) is 0 Å². The number of aliphatic hydroxyl groups excluding tert-OH is 4. The van der Waals surface area contributed by atoms with E-state index in [2.05, 4.69) is 74.6 Å². The quantitative estimate of drug-likeness (QED) is 0.0301. The minimum absolute atomic E-state index is 0.102. The van der Waals surface area contributed by atoms with Crippen molar-refractivity contribution in [1.29, 1.82) is 0 Å². The Kier molecular flexibility index (Phi) is 31.5. The Morgan fingerprint density at radius 1 is 0.593 bits per heavy atom. The van der Waals surface area contributed by atoms with Crippen LogP contribution >= 0.6 is 0 Å². The lowest BCUT2D eigenvalue weighted by atomic mass is 9.99. The molecule has 1 saturated heterocycles. The summed E-state index contributed by atoms with van der Waals surface area (Å²) in [5, 5.41) is 39.9. The third kappa shape index (κ3) is 26.0. The zero-order valence-electron chi connectivity index (χ0n) is 33.2. The van der Waals surface area contributed by atoms with Crippen molar-refractivity contribution in [1.82, 2.24) is 0 Å². The number of ether oxygens (including phenoxy) is 4. The van der Waals surface area contributed by atoms with Crippen LogP contribution in [0.15, 0.2) is 72.9 Å². The van der Waals surface area contributed by atoms with Crippen molar-refractivity contribution in [2.24, 2.45) is 0 Å². The highest BCUT2D eigenvalue weighted by Crippen LogP contribution is 2.22. The predicted octanol–water partition coefficient (Wildman–Crippen LogP) is 8.05. The van der Waals surface area contributed by atoms with E-state index in [1.54, 1.807) is 0 Å². The average molecular weight is 761 g/mol. The molecule has 0 aromatic carbocycles. The first-order valence-corrected chi connectivity index (χ1v) is 20.5. The van der Waals surface area contributed by atoms with E-state index in [4.69, 9.17) is 18.9 Å². The molecule has 1 aliphatic heterocycles. The van der Waals surface area contributed by atoms with Crippen molar-refractivity contribution < 1.29 is 49.0 Å². The van der Waals surface area contributed by atoms with Crippen LogP contribution in [0.1, 0.15) is 136 Å². The molecule has 0 aliphatic carbocycles. The fourth-order valence-corrected chi connectivity index (χ4v) is 5.62. The largest absolute Gasteiger partial charge is 0.462 e. The molecule has 0 aromatic heterocycles. The van der Waals surface area contributed by atoms with Gasteiger partial charge in [-0.15, -0.1) is 0 Å². The molecule has 0 saturated carbocycles. The van der Waals surface area contributed by atoms with E-state index in [0.29, 0.717) is 12.8 Å². The normalized spacial score (nSPS) is 21.5. The summed E-state index contributed by atoms with van der Waals surface area (Å²) in [6, 6.07) is 0. The van der Waals surface area contributed by atoms with Gasteiger partial charge in [-0.3, -0.25) is 9.59 Å². The van der Waals surface area contributed by atoms with Crippen molar-refractivity contribution in [3.63, 3.8) is 0 Å². The lowest BCUT2D eigenvalue weighted by Gasteiger charge is -2.39. The van der Waals surface area contributed by atoms with E-state index >= 15 is 0 Å². The number of hydrogen-bond donors (Lipinski definition) is 4. The number of carbonyl (C=O) groups is 2. The predicted molar refractivity (Wildman–Crippen MR) is 214 cm³/mol. The molecule has 0 radical (unpaired) electrons. The molecule has 10 heteroatoms. The van der Waals surface area contributed by atoms with E-state index in [9.17, 15) is 30.0 Å². The van der Waals surface area contributed by atoms with Crippen LogP contribution < -0.4 is 0 Å². The summed E-state index contributed by atoms with van der Waals surface area (Å²) in [6.45, 7) is 3.19. The van der Waals surface area contributed by atoms with Gasteiger partial charge in [0.15, 0.2) is 12.4 Å². The van der Waals surface area contributed by atoms with Crippen LogP contribution in [0.5, 0.6) is 0 Å². The fraction of sp³-hybridized carbons (Fsp3) is 0.682. The molecule has 0 amide bonds. The summed E-state index contributed by atoms with van der Waals surface area (Å²) in [6.07, 6.45) is 35.0. The number of esters is 2. The molecule has 1 aliphatic rings. The van der Waals surface area contributed by atoms with Crippen molar-refractivity contribution >= 4 is 11.9 Å². The highest BCUT2D eigenvalue weighted by molar-refractivity contribution is 5.70. The van der Waals surface area contributed by atoms with E-state index < -0.39 is 55.4 Å². The van der Waals surface area contributed by atoms with Crippen LogP contribution in [0.4, 0.5) is 0 Å². The minimum atomic E-state index is -1.61. The van der Waals surface area contributed by atoms with E-state index in [1.165, 1.54) is 38.5 Å². The van der Waals surface area contributed by atoms with Crippen molar-refractivity contribution in [2.45, 2.75) is 173 Å². The summed E-state index contributed by atoms with van der Waals surface area (Å²) in [4.78, 5) is 25.2. The van der Waals surface area contributed by atoms with Crippen LogP contribution in [0.3, 0.4) is 0 Å². The van der Waals surface area contributed by atoms with Gasteiger partial charge in [0.2, 0.25) is 0 Å². The molecular formula is C44H72O10. The van der Waals surface area contributed by atoms with E-state index in [-0.39, 0.29) is 26.1 Å². The Hall–Kier alpha value is -2.86. The number of hydrogen-bond acceptors (Lipinski definition) is 10. The van der Waals surface area contributed by atoms with Gasteiger partial charge in [0, 0.05) is 12.8 Å². The second-order valence-corrected chi connectivity index (χ2v) is 13.7. The Morgan fingerprint density at radius 3 is 1.61 bits per heavy atom. The van der Waals surface area contributed by atoms with Gasteiger partial charge in [0.05, 0.1) is 13.2 Å². The number of aliphatic hydroxyl groups is 4. The smallest absolute Gasteiger partial charge is 0.306 e. The maximum Gasteiger partial charge on any atom is 0.306 e. The third-order valence-corrected chi connectivity index (χ3v) is 8.87. The van der Waals surface area contributed by atoms with E-state index in [0.717, 1.165) is 57.8 Å². The van der Waals surface area contributed by atoms with Crippen LogP contribution in [-0.2, 0) is 28.5 Å². The number of unbranched alkanes of at least 4 members (excludes halogenated alkanes) is 9. The van der Waals surface area contributed by atoms with Crippen LogP contribution in [0, 0.1) is 0 Å². The summed E-state index contributed by atoms with van der Waals surface area (Å²) in [7, 11) is 0. The average Bonchev–Trinajstić information content (AvgIpc) is 3.17. The van der Waals surface area contributed by atoms with Crippen molar-refractivity contribution in [2.75, 3.05) is 19.8 Å². The molecule has 54 heavy (non-hydrogen) atoms. The maximum atomic E-state index is 12.7. The van der Waals surface area contributed by atoms with Crippen molar-refractivity contribution in [3.8, 4) is 0 Å². The zero-order valence-corrected chi connectivity index (χ0v) is 33.2. The molecule has 2 unspecified atom stereocenters. The lowest BCUT2D eigenvalue weighted by Crippen LogP contribution is -2.59. The molecule has 1 fully saturated rings. The van der Waals surface area contributed by atoms with Gasteiger partial charge in [0.1, 0.15) is 31.0 Å². The Bertz CT molecular complexity index is 1110. The Labute approximate surface area is 325 Å². The first-order chi connectivity index (χ1) is 26.3. The standard InChI is InChI=1S/C44H72O10/c1-3-5-7-9-11-13-15-16-17-18-19-20-21-22-23-25-27-29-31-33-40(47)53-37(36-52-44-43(50)42(49)41(48)38(34-45)54-44)35-51-39(46)32-30-28-26-24-14-12-10-8-6-4-2/h5,7,11,13,16-17,19-20,22-23,27,29,37-38,41-45,48-50H,3-4,6,8-10,12,14-15,18,21,24-26,28,30-36H2,1-2H3/b7-5+,13-11+,17-16+,20-19+,23-22+,29-27+/t37-,38-,41+,42?,43?,44-/m1/s1. The van der Waals surface area contributed by atoms with Crippen molar-refractivity contribution in [3.05, 3.63) is 72.9 Å². The minimum Gasteiger partial charge on any atom is -0.462 e. The molecule has 308 valence electrons. The maximum absolute atomic E-state index is 12.7. The monoisotopic (exact) mass is 761 g/mol. The highest BCUT2D eigenvalue weighted by atomic mass is 16.7. The molecule has 0 aromatic rings. The SMILES string of the molecule is CC/C=C/C/C=C/C/C=C/C/C=C/C/C=C/C/C=C/CCC(=O)O[C@H](COC(=O)CCCCCCCCCCCC)CO[C@@H]1O[C@H](CO)[C@H](O)C(O)C1O. The first kappa shape index (κ1) is 49.2. The van der Waals surface area contributed by atoms with Gasteiger partial charge < -0.3 is 39.4 Å². The number of allylic oxidation sites excluding steroid dienone is 12. The zero-order chi connectivity index (χ0) is 39.5. The van der Waals surface area contributed by atoms with Gasteiger partial charge in [0.25, 0.3) is 0 Å². The summed E-state index contributed by atoms with van der Waals surface area (Å²) in [5.74, 6) is -0.913. The Morgan fingerprint density at radius 2 is 1.09 bits per heavy atom. The molecule has 10 nitrogen and oxygen atoms in total. The summed E-state index contributed by atoms with van der Waals surface area (Å²) >= 11 is 0. The summed E-state index contributed by atoms with van der Waals surface area (Å²) in [5.41, 5.74) is 0. The highest BCUT2D eigenvalue weighted by Gasteiger charge is 2.44. The van der Waals surface area contributed by atoms with Crippen LogP contribution in [0.2, 0.25) is 0 Å². The summed E-state index contributed by atoms with van der Waals surface area (Å²) < 4.78 is 22.0. The first-order valence-electron chi connectivity index (χ1n) is 20.5. The molecule has 0 spiro atoms. The molecule has 0 bridgehead atoms. The number of carbonyl (C=O) groups excluding carboxylic acids is 2. The molecule has 4 N–H and O–H groups in total. The van der Waals surface area contributed by atoms with Gasteiger partial charge in [-0.05, 0) is 51.4 Å². The van der Waals surface area contributed by atoms with Gasteiger partial charge >= 0.3 is 11.9 Å². The van der Waals surface area contributed by atoms with Crippen LogP contribution in [0.25, 0.3) is 0 Å². The van der Waals surface area contributed by atoms with E-state index in [1.807, 2.05) is 12.2 Å². The van der Waals surface area contributed by atoms with Crippen LogP contribution in [-0.4, -0.2) is 89.0 Å². The lowest BCUT2D eigenvalue weighted by molar-refractivity contribution is -0.305.